The van der Waals surface area contributed by atoms with Crippen LogP contribution in [0.25, 0.3) is 0 Å². The summed E-state index contributed by atoms with van der Waals surface area (Å²) >= 11 is 0. The van der Waals surface area contributed by atoms with E-state index >= 15 is 0 Å². The fourth-order valence-corrected chi connectivity index (χ4v) is 3.03. The third kappa shape index (κ3) is 2.78. The summed E-state index contributed by atoms with van der Waals surface area (Å²) in [5.41, 5.74) is 1.18. The maximum absolute atomic E-state index is 5.43. The first-order valence-corrected chi connectivity index (χ1v) is 6.77. The van der Waals surface area contributed by atoms with E-state index in [1.54, 1.807) is 7.11 Å². The van der Waals surface area contributed by atoms with Gasteiger partial charge in [0.2, 0.25) is 0 Å². The standard InChI is InChI=1S/C15H24N2O/c1-16-13-8-6-7-12(13)11-17(2)14-9-4-5-10-15(14)18-3/h4-5,9-10,12-13,16H,6-8,11H2,1-3H3. The van der Waals surface area contributed by atoms with E-state index in [9.17, 15) is 0 Å². The lowest BCUT2D eigenvalue weighted by Gasteiger charge is -2.28. The van der Waals surface area contributed by atoms with Crippen LogP contribution < -0.4 is 15.0 Å². The summed E-state index contributed by atoms with van der Waals surface area (Å²) in [5.74, 6) is 1.70. The van der Waals surface area contributed by atoms with Crippen molar-refractivity contribution in [2.75, 3.05) is 32.6 Å². The lowest BCUT2D eigenvalue weighted by atomic mass is 10.0. The van der Waals surface area contributed by atoms with Crippen molar-refractivity contribution >= 4 is 5.69 Å². The highest BCUT2D eigenvalue weighted by atomic mass is 16.5. The van der Waals surface area contributed by atoms with Crippen LogP contribution in [-0.2, 0) is 0 Å². The SMILES string of the molecule is CNC1CCCC1CN(C)c1ccccc1OC. The monoisotopic (exact) mass is 248 g/mol. The zero-order valence-corrected chi connectivity index (χ0v) is 11.6. The van der Waals surface area contributed by atoms with Gasteiger partial charge in [-0.2, -0.15) is 0 Å². The first kappa shape index (κ1) is 13.2. The molecule has 0 amide bonds. The van der Waals surface area contributed by atoms with Crippen LogP contribution in [0.2, 0.25) is 0 Å². The van der Waals surface area contributed by atoms with Gasteiger partial charge in [0.15, 0.2) is 0 Å². The van der Waals surface area contributed by atoms with Gasteiger partial charge in [-0.3, -0.25) is 0 Å². The molecule has 0 aliphatic heterocycles. The number of ether oxygens (including phenoxy) is 1. The molecule has 1 aromatic rings. The predicted molar refractivity (Wildman–Crippen MR) is 76.5 cm³/mol. The molecule has 0 saturated heterocycles. The van der Waals surface area contributed by atoms with Gasteiger partial charge in [0, 0.05) is 19.6 Å². The second-order valence-electron chi connectivity index (χ2n) is 5.14. The van der Waals surface area contributed by atoms with Crippen LogP contribution in [0.15, 0.2) is 24.3 Å². The molecule has 1 saturated carbocycles. The minimum Gasteiger partial charge on any atom is -0.495 e. The summed E-state index contributed by atoms with van der Waals surface area (Å²) in [7, 11) is 5.97. The average Bonchev–Trinajstić information content (AvgIpc) is 2.85. The van der Waals surface area contributed by atoms with E-state index < -0.39 is 0 Å². The largest absolute Gasteiger partial charge is 0.495 e. The fraction of sp³-hybridized carbons (Fsp3) is 0.600. The molecule has 1 aliphatic carbocycles. The van der Waals surface area contributed by atoms with Gasteiger partial charge in [0.05, 0.1) is 12.8 Å². The molecule has 2 unspecified atom stereocenters. The molecule has 1 aliphatic rings. The topological polar surface area (TPSA) is 24.5 Å². The van der Waals surface area contributed by atoms with E-state index in [-0.39, 0.29) is 0 Å². The smallest absolute Gasteiger partial charge is 0.142 e. The van der Waals surface area contributed by atoms with E-state index in [2.05, 4.69) is 36.4 Å². The number of rotatable bonds is 5. The number of hydrogen-bond acceptors (Lipinski definition) is 3. The second-order valence-corrected chi connectivity index (χ2v) is 5.14. The third-order valence-electron chi connectivity index (χ3n) is 4.03. The Bertz CT molecular complexity index is 381. The molecule has 1 fully saturated rings. The molecule has 0 spiro atoms. The van der Waals surface area contributed by atoms with Crippen LogP contribution in [-0.4, -0.2) is 33.8 Å². The van der Waals surface area contributed by atoms with Crippen molar-refractivity contribution in [1.82, 2.24) is 5.32 Å². The zero-order chi connectivity index (χ0) is 13.0. The number of hydrogen-bond donors (Lipinski definition) is 1. The Hall–Kier alpha value is -1.22. The van der Waals surface area contributed by atoms with Crippen molar-refractivity contribution in [2.24, 2.45) is 5.92 Å². The molecule has 100 valence electrons. The molecule has 2 rings (SSSR count). The summed E-state index contributed by atoms with van der Waals surface area (Å²) in [6.45, 7) is 1.09. The van der Waals surface area contributed by atoms with Crippen molar-refractivity contribution in [3.05, 3.63) is 24.3 Å². The van der Waals surface area contributed by atoms with Gasteiger partial charge in [0.1, 0.15) is 5.75 Å². The number of nitrogens with one attached hydrogen (secondary N) is 1. The van der Waals surface area contributed by atoms with Crippen LogP contribution in [0.5, 0.6) is 5.75 Å². The van der Waals surface area contributed by atoms with Gasteiger partial charge in [-0.15, -0.1) is 0 Å². The molecule has 2 atom stereocenters. The normalized spacial score (nSPS) is 23.1. The molecule has 3 nitrogen and oxygen atoms in total. The van der Waals surface area contributed by atoms with Gasteiger partial charge in [-0.25, -0.2) is 0 Å². The van der Waals surface area contributed by atoms with Crippen LogP contribution >= 0.6 is 0 Å². The van der Waals surface area contributed by atoms with Crippen molar-refractivity contribution in [2.45, 2.75) is 25.3 Å². The zero-order valence-electron chi connectivity index (χ0n) is 11.6. The average molecular weight is 248 g/mol. The fourth-order valence-electron chi connectivity index (χ4n) is 3.03. The van der Waals surface area contributed by atoms with E-state index in [0.717, 1.165) is 18.2 Å². The van der Waals surface area contributed by atoms with Crippen LogP contribution in [0.1, 0.15) is 19.3 Å². The number of nitrogens with zero attached hydrogens (tertiary/aromatic N) is 1. The molecule has 1 aromatic carbocycles. The Morgan fingerprint density at radius 3 is 2.83 bits per heavy atom. The predicted octanol–water partition coefficient (Wildman–Crippen LogP) is 2.52. The van der Waals surface area contributed by atoms with E-state index in [4.69, 9.17) is 4.74 Å². The van der Waals surface area contributed by atoms with Gasteiger partial charge in [0.25, 0.3) is 0 Å². The van der Waals surface area contributed by atoms with Crippen LogP contribution in [0, 0.1) is 5.92 Å². The highest BCUT2D eigenvalue weighted by Gasteiger charge is 2.27. The van der Waals surface area contributed by atoms with E-state index in [1.807, 2.05) is 12.1 Å². The summed E-state index contributed by atoms with van der Waals surface area (Å²) in [5, 5.41) is 3.44. The lowest BCUT2D eigenvalue weighted by Crippen LogP contribution is -2.36. The molecular formula is C15H24N2O. The van der Waals surface area contributed by atoms with Gasteiger partial charge in [-0.05, 0) is 37.9 Å². The highest BCUT2D eigenvalue weighted by molar-refractivity contribution is 5.57. The molecule has 3 heteroatoms. The highest BCUT2D eigenvalue weighted by Crippen LogP contribution is 2.31. The van der Waals surface area contributed by atoms with Crippen molar-refractivity contribution in [1.29, 1.82) is 0 Å². The number of methoxy groups -OCH3 is 1. The van der Waals surface area contributed by atoms with Crippen molar-refractivity contribution in [3.8, 4) is 5.75 Å². The summed E-state index contributed by atoms with van der Waals surface area (Å²) in [6.07, 6.45) is 3.97. The number of benzene rings is 1. The number of anilines is 1. The third-order valence-corrected chi connectivity index (χ3v) is 4.03. The Kier molecular flexibility index (Phi) is 4.48. The quantitative estimate of drug-likeness (QED) is 0.866. The minimum atomic E-state index is 0.669. The summed E-state index contributed by atoms with van der Waals surface area (Å²) < 4.78 is 5.43. The van der Waals surface area contributed by atoms with E-state index in [1.165, 1.54) is 24.9 Å². The molecular weight excluding hydrogens is 224 g/mol. The second kappa shape index (κ2) is 6.10. The van der Waals surface area contributed by atoms with Gasteiger partial charge >= 0.3 is 0 Å². The summed E-state index contributed by atoms with van der Waals surface area (Å²) in [4.78, 5) is 2.32. The van der Waals surface area contributed by atoms with Crippen molar-refractivity contribution in [3.63, 3.8) is 0 Å². The first-order valence-electron chi connectivity index (χ1n) is 6.77. The van der Waals surface area contributed by atoms with Gasteiger partial charge < -0.3 is 15.0 Å². The van der Waals surface area contributed by atoms with Crippen LogP contribution in [0.4, 0.5) is 5.69 Å². The van der Waals surface area contributed by atoms with E-state index in [0.29, 0.717) is 6.04 Å². The molecule has 18 heavy (non-hydrogen) atoms. The van der Waals surface area contributed by atoms with Gasteiger partial charge in [-0.1, -0.05) is 18.6 Å². The van der Waals surface area contributed by atoms with Crippen LogP contribution in [0.3, 0.4) is 0 Å². The molecule has 0 aromatic heterocycles. The maximum Gasteiger partial charge on any atom is 0.142 e. The molecule has 0 radical (unpaired) electrons. The summed E-state index contributed by atoms with van der Waals surface area (Å²) in [6, 6.07) is 8.90. The first-order chi connectivity index (χ1) is 8.76. The Balaban J connectivity index is 2.05. The molecule has 0 bridgehead atoms. The Labute approximate surface area is 110 Å². The Morgan fingerprint density at radius 1 is 1.33 bits per heavy atom. The minimum absolute atomic E-state index is 0.669. The Morgan fingerprint density at radius 2 is 2.11 bits per heavy atom. The lowest BCUT2D eigenvalue weighted by molar-refractivity contribution is 0.407. The van der Waals surface area contributed by atoms with Crippen molar-refractivity contribution < 1.29 is 4.74 Å². The number of para-hydroxylation sites is 2. The maximum atomic E-state index is 5.43. The molecule has 0 heterocycles. The molecule has 1 N–H and O–H groups in total.